The van der Waals surface area contributed by atoms with Crippen LogP contribution in [0.4, 0.5) is 0 Å². The number of carbonyl (C=O) groups is 1. The number of rotatable bonds is 5. The molecular formula is C24H19Cl2N7O3S. The van der Waals surface area contributed by atoms with Gasteiger partial charge in [0.05, 0.1) is 22.3 Å². The molecule has 10 nitrogen and oxygen atoms in total. The average molecular weight is 556 g/mol. The zero-order valence-electron chi connectivity index (χ0n) is 19.3. The number of fused-ring (bicyclic) bond motifs is 1. The van der Waals surface area contributed by atoms with Crippen LogP contribution in [0.15, 0.2) is 53.6 Å². The van der Waals surface area contributed by atoms with Gasteiger partial charge in [-0.25, -0.2) is 9.78 Å². The number of hydrogen-bond acceptors (Lipinski definition) is 7. The third kappa shape index (κ3) is 4.35. The van der Waals surface area contributed by atoms with E-state index < -0.39 is 5.97 Å². The van der Waals surface area contributed by atoms with Gasteiger partial charge in [0, 0.05) is 17.3 Å². The number of aromatic amines is 1. The monoisotopic (exact) mass is 555 g/mol. The molecule has 0 fully saturated rings. The molecule has 1 aromatic carbocycles. The highest BCUT2D eigenvalue weighted by Crippen LogP contribution is 2.37. The van der Waals surface area contributed by atoms with Crippen molar-refractivity contribution in [2.24, 2.45) is 0 Å². The number of H-pyrrole nitrogens is 1. The third-order valence-electron chi connectivity index (χ3n) is 6.25. The van der Waals surface area contributed by atoms with Crippen molar-refractivity contribution in [2.45, 2.75) is 25.8 Å². The number of aromatic carboxylic acids is 1. The zero-order valence-corrected chi connectivity index (χ0v) is 21.6. The van der Waals surface area contributed by atoms with Gasteiger partial charge in [0.15, 0.2) is 5.15 Å². The van der Waals surface area contributed by atoms with E-state index >= 15 is 0 Å². The Kier molecular flexibility index (Phi) is 6.44. The number of thiophene rings is 1. The lowest BCUT2D eigenvalue weighted by atomic mass is 10.0. The molecule has 0 saturated heterocycles. The van der Waals surface area contributed by atoms with Crippen molar-refractivity contribution in [1.29, 1.82) is 0 Å². The van der Waals surface area contributed by atoms with Crippen LogP contribution < -0.4 is 5.56 Å². The average Bonchev–Trinajstić information content (AvgIpc) is 3.64. The van der Waals surface area contributed by atoms with Crippen LogP contribution in [0.2, 0.25) is 5.15 Å². The molecule has 1 atom stereocenters. The van der Waals surface area contributed by atoms with Crippen molar-refractivity contribution >= 4 is 41.3 Å². The molecule has 0 bridgehead atoms. The molecule has 13 heteroatoms. The van der Waals surface area contributed by atoms with Gasteiger partial charge in [0.2, 0.25) is 0 Å². The summed E-state index contributed by atoms with van der Waals surface area (Å²) in [6, 6.07) is 12.5. The maximum absolute atomic E-state index is 13.4. The van der Waals surface area contributed by atoms with E-state index in [2.05, 4.69) is 25.5 Å². The fraction of sp³-hybridized carbons (Fsp3) is 0.167. The Balaban J connectivity index is 0.00000280. The summed E-state index contributed by atoms with van der Waals surface area (Å²) in [5.41, 5.74) is 4.78. The highest BCUT2D eigenvalue weighted by atomic mass is 35.5. The second-order valence-electron chi connectivity index (χ2n) is 8.53. The Morgan fingerprint density at radius 2 is 2.05 bits per heavy atom. The van der Waals surface area contributed by atoms with E-state index in [0.717, 1.165) is 39.4 Å². The van der Waals surface area contributed by atoms with Crippen molar-refractivity contribution < 1.29 is 9.90 Å². The Bertz CT molecular complexity index is 1690. The standard InChI is InChI=1S/C24H18ClN7O3S.ClH/c1-12-2-4-16(31-11-26-29-30-31)15(8-12)13-9-14-3-5-17(32(14)20(33)10-13)23-27-21(22(25)28-23)18-6-7-19(36-18)24(34)35;/h2,4,6-11,17H,3,5H2,1H3,(H,27,28)(H,34,35);1H. The van der Waals surface area contributed by atoms with Crippen molar-refractivity contribution in [3.8, 4) is 27.4 Å². The highest BCUT2D eigenvalue weighted by Gasteiger charge is 2.29. The Morgan fingerprint density at radius 1 is 1.22 bits per heavy atom. The molecule has 1 aliphatic heterocycles. The number of pyridine rings is 1. The number of halogens is 2. The molecule has 5 aromatic rings. The van der Waals surface area contributed by atoms with Crippen molar-refractivity contribution in [3.05, 3.63) is 86.3 Å². The van der Waals surface area contributed by atoms with Crippen LogP contribution in [0.5, 0.6) is 0 Å². The minimum atomic E-state index is -0.994. The topological polar surface area (TPSA) is 132 Å². The zero-order chi connectivity index (χ0) is 25.0. The normalized spacial score (nSPS) is 14.4. The Morgan fingerprint density at radius 3 is 2.78 bits per heavy atom. The fourth-order valence-corrected chi connectivity index (χ4v) is 5.78. The van der Waals surface area contributed by atoms with E-state index in [-0.39, 0.29) is 34.0 Å². The number of carboxylic acid groups (broad SMARTS) is 1. The molecule has 0 aliphatic carbocycles. The summed E-state index contributed by atoms with van der Waals surface area (Å²) in [5.74, 6) is -0.426. The quantitative estimate of drug-likeness (QED) is 0.325. The molecule has 37 heavy (non-hydrogen) atoms. The van der Waals surface area contributed by atoms with E-state index in [1.54, 1.807) is 21.4 Å². The first kappa shape index (κ1) is 24.9. The van der Waals surface area contributed by atoms with Crippen molar-refractivity contribution in [3.63, 3.8) is 0 Å². The maximum Gasteiger partial charge on any atom is 0.345 e. The number of aryl methyl sites for hydroxylation is 2. The molecule has 5 heterocycles. The van der Waals surface area contributed by atoms with Crippen molar-refractivity contribution in [1.82, 2.24) is 34.7 Å². The molecule has 188 valence electrons. The van der Waals surface area contributed by atoms with Crippen LogP contribution in [0, 0.1) is 6.92 Å². The van der Waals surface area contributed by atoms with Gasteiger partial charge in [0.1, 0.15) is 17.0 Å². The summed E-state index contributed by atoms with van der Waals surface area (Å²) in [6.07, 6.45) is 2.89. The lowest BCUT2D eigenvalue weighted by Gasteiger charge is -2.15. The maximum atomic E-state index is 13.4. The molecule has 0 saturated carbocycles. The van der Waals surface area contributed by atoms with E-state index in [4.69, 9.17) is 11.6 Å². The molecule has 0 radical (unpaired) electrons. The van der Waals surface area contributed by atoms with Crippen LogP contribution >= 0.6 is 35.3 Å². The highest BCUT2D eigenvalue weighted by molar-refractivity contribution is 7.17. The summed E-state index contributed by atoms with van der Waals surface area (Å²) in [5, 5.41) is 20.9. The van der Waals surface area contributed by atoms with E-state index in [1.165, 1.54) is 12.4 Å². The number of carboxylic acids is 1. The van der Waals surface area contributed by atoms with Gasteiger partial charge in [-0.1, -0.05) is 23.2 Å². The van der Waals surface area contributed by atoms with Gasteiger partial charge in [-0.2, -0.15) is 4.68 Å². The number of hydrogen-bond donors (Lipinski definition) is 2. The number of nitrogens with one attached hydrogen (secondary N) is 1. The summed E-state index contributed by atoms with van der Waals surface area (Å²) >= 11 is 7.52. The second-order valence-corrected chi connectivity index (χ2v) is 9.97. The smallest absolute Gasteiger partial charge is 0.345 e. The summed E-state index contributed by atoms with van der Waals surface area (Å²) in [6.45, 7) is 1.99. The lowest BCUT2D eigenvalue weighted by molar-refractivity contribution is 0.0702. The minimum absolute atomic E-state index is 0. The molecular weight excluding hydrogens is 537 g/mol. The summed E-state index contributed by atoms with van der Waals surface area (Å²) in [4.78, 5) is 33.3. The lowest BCUT2D eigenvalue weighted by Crippen LogP contribution is -2.24. The molecule has 4 aromatic heterocycles. The molecule has 1 aliphatic rings. The third-order valence-corrected chi connectivity index (χ3v) is 7.61. The molecule has 2 N–H and O–H groups in total. The molecule has 0 spiro atoms. The number of nitrogens with zero attached hydrogens (tertiary/aromatic N) is 6. The fourth-order valence-electron chi connectivity index (χ4n) is 4.64. The van der Waals surface area contributed by atoms with E-state index in [9.17, 15) is 14.7 Å². The Hall–Kier alpha value is -3.80. The van der Waals surface area contributed by atoms with E-state index in [0.29, 0.717) is 29.2 Å². The van der Waals surface area contributed by atoms with Crippen LogP contribution in [0.25, 0.3) is 27.4 Å². The van der Waals surface area contributed by atoms with Gasteiger partial charge in [-0.3, -0.25) is 4.79 Å². The predicted octanol–water partition coefficient (Wildman–Crippen LogP) is 4.56. The van der Waals surface area contributed by atoms with E-state index in [1.807, 2.05) is 31.2 Å². The number of aromatic nitrogens is 7. The van der Waals surface area contributed by atoms with Crippen LogP contribution in [0.1, 0.15) is 39.2 Å². The second kappa shape index (κ2) is 9.58. The predicted molar refractivity (Wildman–Crippen MR) is 141 cm³/mol. The first-order valence-corrected chi connectivity index (χ1v) is 12.3. The summed E-state index contributed by atoms with van der Waals surface area (Å²) in [7, 11) is 0. The van der Waals surface area contributed by atoms with Gasteiger partial charge in [0.25, 0.3) is 5.56 Å². The first-order valence-electron chi connectivity index (χ1n) is 11.1. The SMILES string of the molecule is Cc1ccc(-n2cnnn2)c(-c2cc3n(c(=O)c2)C(c2nc(Cl)c(-c4ccc(C(=O)O)s4)[nH]2)CC3)c1.Cl. The Labute approximate surface area is 225 Å². The van der Waals surface area contributed by atoms with Crippen molar-refractivity contribution in [2.75, 3.05) is 0 Å². The first-order chi connectivity index (χ1) is 17.4. The minimum Gasteiger partial charge on any atom is -0.477 e. The molecule has 0 amide bonds. The number of imidazole rings is 1. The number of tetrazole rings is 1. The van der Waals surface area contributed by atoms with Gasteiger partial charge in [-0.05, 0) is 66.1 Å². The van der Waals surface area contributed by atoms with Crippen LogP contribution in [0.3, 0.4) is 0 Å². The van der Waals surface area contributed by atoms with Gasteiger partial charge in [-0.15, -0.1) is 28.8 Å². The van der Waals surface area contributed by atoms with Gasteiger partial charge >= 0.3 is 5.97 Å². The molecule has 6 rings (SSSR count). The molecule has 1 unspecified atom stereocenters. The largest absolute Gasteiger partial charge is 0.477 e. The van der Waals surface area contributed by atoms with Crippen LogP contribution in [-0.4, -0.2) is 45.8 Å². The van der Waals surface area contributed by atoms with Gasteiger partial charge < -0.3 is 14.7 Å². The number of benzene rings is 1. The summed E-state index contributed by atoms with van der Waals surface area (Å²) < 4.78 is 3.32. The van der Waals surface area contributed by atoms with Crippen LogP contribution in [-0.2, 0) is 6.42 Å².